The number of amides is 2. The Kier molecular flexibility index (Phi) is 7.61. The second-order valence-corrected chi connectivity index (χ2v) is 11.0. The summed E-state index contributed by atoms with van der Waals surface area (Å²) in [6.45, 7) is 7.11. The first-order valence-electron chi connectivity index (χ1n) is 12.6. The number of nitrogens with zero attached hydrogens (tertiary/aromatic N) is 5. The van der Waals surface area contributed by atoms with Crippen LogP contribution in [0, 0.1) is 5.82 Å². The Labute approximate surface area is 240 Å². The quantitative estimate of drug-likeness (QED) is 0.413. The van der Waals surface area contributed by atoms with Gasteiger partial charge in [-0.25, -0.2) is 14.2 Å². The van der Waals surface area contributed by atoms with E-state index in [2.05, 4.69) is 15.3 Å². The molecule has 0 radical (unpaired) electrons. The van der Waals surface area contributed by atoms with Gasteiger partial charge in [0.05, 0.1) is 21.4 Å². The summed E-state index contributed by atoms with van der Waals surface area (Å²) < 4.78 is 26.2. The molecule has 0 saturated carbocycles. The van der Waals surface area contributed by atoms with Crippen LogP contribution < -0.4 is 19.9 Å². The molecule has 3 heterocycles. The molecule has 2 amide bonds. The van der Waals surface area contributed by atoms with Gasteiger partial charge < -0.3 is 24.6 Å². The summed E-state index contributed by atoms with van der Waals surface area (Å²) in [4.78, 5) is 38.7. The van der Waals surface area contributed by atoms with Crippen molar-refractivity contribution in [3.05, 3.63) is 64.0 Å². The first-order chi connectivity index (χ1) is 19.0. The van der Waals surface area contributed by atoms with Crippen molar-refractivity contribution in [1.29, 1.82) is 0 Å². The van der Waals surface area contributed by atoms with Crippen molar-refractivity contribution in [2.45, 2.75) is 26.4 Å². The minimum atomic E-state index is -0.572. The van der Waals surface area contributed by atoms with Crippen LogP contribution in [0.5, 0.6) is 5.88 Å². The van der Waals surface area contributed by atoms with Crippen molar-refractivity contribution in [3.8, 4) is 5.88 Å². The van der Waals surface area contributed by atoms with Gasteiger partial charge >= 0.3 is 6.09 Å². The number of fused-ring (bicyclic) bond motifs is 1. The van der Waals surface area contributed by atoms with E-state index >= 15 is 4.39 Å². The van der Waals surface area contributed by atoms with Gasteiger partial charge in [-0.3, -0.25) is 9.69 Å². The van der Waals surface area contributed by atoms with Crippen LogP contribution in [0.1, 0.15) is 31.1 Å². The van der Waals surface area contributed by atoms with Gasteiger partial charge in [0, 0.05) is 38.1 Å². The van der Waals surface area contributed by atoms with Crippen molar-refractivity contribution in [3.63, 3.8) is 0 Å². The molecular weight excluding hydrogens is 562 g/mol. The van der Waals surface area contributed by atoms with Crippen molar-refractivity contribution >= 4 is 58.2 Å². The van der Waals surface area contributed by atoms with Crippen LogP contribution in [0.3, 0.4) is 0 Å². The number of nitrogens with one attached hydrogen (secondary N) is 1. The molecule has 0 spiro atoms. The molecule has 1 aromatic heterocycles. The van der Waals surface area contributed by atoms with Gasteiger partial charge in [-0.05, 0) is 51.1 Å². The minimum absolute atomic E-state index is 0.0851. The summed E-state index contributed by atoms with van der Waals surface area (Å²) in [5.41, 5.74) is 0.746. The van der Waals surface area contributed by atoms with Gasteiger partial charge in [0.25, 0.3) is 5.91 Å². The molecule has 210 valence electrons. The Balaban J connectivity index is 1.24. The molecule has 2 aliphatic heterocycles. The molecule has 5 rings (SSSR count). The number of rotatable bonds is 4. The number of carbonyl (C=O) groups is 2. The first-order valence-corrected chi connectivity index (χ1v) is 13.3. The van der Waals surface area contributed by atoms with Crippen molar-refractivity contribution in [2.75, 3.05) is 48.0 Å². The lowest BCUT2D eigenvalue weighted by Gasteiger charge is -2.36. The van der Waals surface area contributed by atoms with E-state index < -0.39 is 17.3 Å². The predicted octanol–water partition coefficient (Wildman–Crippen LogP) is 5.72. The molecule has 3 aromatic rings. The number of para-hydroxylation sites is 1. The number of aromatic nitrogens is 2. The Morgan fingerprint density at radius 2 is 1.80 bits per heavy atom. The normalized spacial score (nSPS) is 15.4. The SMILES string of the molecule is CC(C)(C)OC(=O)N1CCN(c2ccc(Nc3ncc4c(n3)OCN(c3c(Cl)cccc3Cl)C4=O)cc2F)CC1. The van der Waals surface area contributed by atoms with E-state index in [1.54, 1.807) is 35.2 Å². The highest BCUT2D eigenvalue weighted by atomic mass is 35.5. The zero-order valence-electron chi connectivity index (χ0n) is 22.1. The van der Waals surface area contributed by atoms with E-state index in [0.29, 0.717) is 53.3 Å². The van der Waals surface area contributed by atoms with Crippen LogP contribution in [0.25, 0.3) is 0 Å². The third-order valence-electron chi connectivity index (χ3n) is 6.24. The van der Waals surface area contributed by atoms with Crippen molar-refractivity contribution < 1.29 is 23.5 Å². The third-order valence-corrected chi connectivity index (χ3v) is 6.85. The molecular formula is C27H27Cl2FN6O4. The molecule has 0 aliphatic carbocycles. The average Bonchev–Trinajstić information content (AvgIpc) is 2.89. The fraction of sp³-hybridized carbons (Fsp3) is 0.333. The number of benzene rings is 2. The van der Waals surface area contributed by atoms with Gasteiger partial charge in [0.1, 0.15) is 17.0 Å². The fourth-order valence-electron chi connectivity index (χ4n) is 4.35. The molecule has 1 N–H and O–H groups in total. The molecule has 13 heteroatoms. The summed E-state index contributed by atoms with van der Waals surface area (Å²) >= 11 is 12.5. The van der Waals surface area contributed by atoms with E-state index in [4.69, 9.17) is 32.7 Å². The van der Waals surface area contributed by atoms with Crippen LogP contribution in [0.2, 0.25) is 10.0 Å². The van der Waals surface area contributed by atoms with E-state index in [-0.39, 0.29) is 30.2 Å². The summed E-state index contributed by atoms with van der Waals surface area (Å²) in [5.74, 6) is -0.631. The number of piperazine rings is 1. The van der Waals surface area contributed by atoms with E-state index in [1.807, 2.05) is 25.7 Å². The van der Waals surface area contributed by atoms with Gasteiger partial charge in [-0.1, -0.05) is 29.3 Å². The van der Waals surface area contributed by atoms with E-state index in [1.165, 1.54) is 17.2 Å². The molecule has 0 atom stereocenters. The monoisotopic (exact) mass is 588 g/mol. The topological polar surface area (TPSA) is 100 Å². The second-order valence-electron chi connectivity index (χ2n) is 10.2. The highest BCUT2D eigenvalue weighted by molar-refractivity contribution is 6.40. The number of halogens is 3. The lowest BCUT2D eigenvalue weighted by Crippen LogP contribution is -2.50. The molecule has 0 bridgehead atoms. The number of carbonyl (C=O) groups excluding carboxylic acids is 2. The lowest BCUT2D eigenvalue weighted by atomic mass is 10.2. The predicted molar refractivity (Wildman–Crippen MR) is 151 cm³/mol. The molecule has 40 heavy (non-hydrogen) atoms. The van der Waals surface area contributed by atoms with Crippen LogP contribution >= 0.6 is 23.2 Å². The van der Waals surface area contributed by atoms with Gasteiger partial charge in [0.15, 0.2) is 6.73 Å². The van der Waals surface area contributed by atoms with Crippen LogP contribution in [0.4, 0.5) is 32.2 Å². The number of anilines is 4. The smallest absolute Gasteiger partial charge is 0.410 e. The number of ether oxygens (including phenoxy) is 2. The number of hydrogen-bond acceptors (Lipinski definition) is 8. The second kappa shape index (κ2) is 11.0. The van der Waals surface area contributed by atoms with E-state index in [0.717, 1.165) is 0 Å². The minimum Gasteiger partial charge on any atom is -0.455 e. The lowest BCUT2D eigenvalue weighted by molar-refractivity contribution is 0.0240. The van der Waals surface area contributed by atoms with Crippen LogP contribution in [0.15, 0.2) is 42.6 Å². The number of hydrogen-bond donors (Lipinski definition) is 1. The largest absolute Gasteiger partial charge is 0.455 e. The van der Waals surface area contributed by atoms with Gasteiger partial charge in [-0.2, -0.15) is 4.98 Å². The fourth-order valence-corrected chi connectivity index (χ4v) is 4.95. The highest BCUT2D eigenvalue weighted by Crippen LogP contribution is 2.37. The Bertz CT molecular complexity index is 1440. The average molecular weight is 589 g/mol. The molecule has 0 unspecified atom stereocenters. The standard InChI is InChI=1S/C27H27Cl2FN6O4/c1-27(2,3)40-26(38)35-11-9-34(10-12-35)21-8-7-16(13-20(21)30)32-25-31-14-17-23(33-25)39-15-36(24(17)37)22-18(28)5-4-6-19(22)29/h4-8,13-14H,9-12,15H2,1-3H3,(H,31,32,33). The van der Waals surface area contributed by atoms with Crippen molar-refractivity contribution in [1.82, 2.24) is 14.9 Å². The summed E-state index contributed by atoms with van der Waals surface area (Å²) in [6, 6.07) is 9.64. The van der Waals surface area contributed by atoms with E-state index in [9.17, 15) is 9.59 Å². The molecule has 2 aromatic carbocycles. The Morgan fingerprint density at radius 1 is 1.10 bits per heavy atom. The summed E-state index contributed by atoms with van der Waals surface area (Å²) in [7, 11) is 0. The van der Waals surface area contributed by atoms with Crippen LogP contribution in [-0.2, 0) is 4.74 Å². The van der Waals surface area contributed by atoms with Crippen molar-refractivity contribution in [2.24, 2.45) is 0 Å². The summed E-state index contributed by atoms with van der Waals surface area (Å²) in [5, 5.41) is 3.56. The highest BCUT2D eigenvalue weighted by Gasteiger charge is 2.31. The molecule has 1 saturated heterocycles. The molecule has 2 aliphatic rings. The van der Waals surface area contributed by atoms with Gasteiger partial charge in [-0.15, -0.1) is 0 Å². The maximum Gasteiger partial charge on any atom is 0.410 e. The zero-order valence-corrected chi connectivity index (χ0v) is 23.6. The van der Waals surface area contributed by atoms with Gasteiger partial charge in [0.2, 0.25) is 11.8 Å². The summed E-state index contributed by atoms with van der Waals surface area (Å²) in [6.07, 6.45) is 0.960. The molecule has 1 fully saturated rings. The first kappa shape index (κ1) is 27.7. The maximum absolute atomic E-state index is 15.1. The Hall–Kier alpha value is -3.83. The maximum atomic E-state index is 15.1. The zero-order chi connectivity index (χ0) is 28.6. The Morgan fingerprint density at radius 3 is 2.45 bits per heavy atom. The third kappa shape index (κ3) is 5.85. The molecule has 10 nitrogen and oxygen atoms in total. The van der Waals surface area contributed by atoms with Crippen LogP contribution in [-0.4, -0.2) is 65.4 Å².